The van der Waals surface area contributed by atoms with Gasteiger partial charge in [0.1, 0.15) is 6.04 Å². The fourth-order valence-electron chi connectivity index (χ4n) is 3.66. The zero-order valence-corrected chi connectivity index (χ0v) is 16.5. The minimum absolute atomic E-state index is 0.185. The molecule has 154 valence electrons. The number of benzene rings is 2. The van der Waals surface area contributed by atoms with Gasteiger partial charge in [0.25, 0.3) is 5.56 Å². The number of H-pyrrole nitrogens is 2. The fraction of sp³-hybridized carbons (Fsp3) is 0.227. The highest BCUT2D eigenvalue weighted by Crippen LogP contribution is 2.22. The summed E-state index contributed by atoms with van der Waals surface area (Å²) in [6.07, 6.45) is 1.99. The van der Waals surface area contributed by atoms with Crippen LogP contribution >= 0.6 is 0 Å². The van der Waals surface area contributed by atoms with E-state index in [1.165, 1.54) is 7.11 Å². The number of methoxy groups -OCH3 is 1. The second kappa shape index (κ2) is 8.38. The number of ether oxygens (including phenoxy) is 1. The van der Waals surface area contributed by atoms with E-state index in [2.05, 4.69) is 15.3 Å². The number of hydrogen-bond acceptors (Lipinski definition) is 4. The Morgan fingerprint density at radius 1 is 1.07 bits per heavy atom. The van der Waals surface area contributed by atoms with Gasteiger partial charge < -0.3 is 20.0 Å². The standard InChI is InChI=1S/C22H22N4O4/c1-30-11-10-23-20(27)19(12-14-13-24-17-8-4-2-6-15(14)17)26-21(28)16-7-3-5-9-18(16)25-22(26)29/h2-9,13,19,24H,10-12H2,1H3,(H,23,27)(H,25,29)/t19-/m0/s1. The number of para-hydroxylation sites is 2. The molecule has 8 heteroatoms. The van der Waals surface area contributed by atoms with E-state index in [0.29, 0.717) is 17.5 Å². The van der Waals surface area contributed by atoms with Gasteiger partial charge in [-0.2, -0.15) is 0 Å². The van der Waals surface area contributed by atoms with Gasteiger partial charge in [-0.05, 0) is 23.8 Å². The third kappa shape index (κ3) is 3.65. The maximum Gasteiger partial charge on any atom is 0.329 e. The zero-order valence-electron chi connectivity index (χ0n) is 16.5. The van der Waals surface area contributed by atoms with Crippen molar-refractivity contribution in [3.8, 4) is 0 Å². The van der Waals surface area contributed by atoms with Crippen molar-refractivity contribution in [3.05, 3.63) is 81.1 Å². The lowest BCUT2D eigenvalue weighted by Gasteiger charge is -2.19. The molecular weight excluding hydrogens is 384 g/mol. The van der Waals surface area contributed by atoms with E-state index in [1.807, 2.05) is 24.3 Å². The Balaban J connectivity index is 1.81. The van der Waals surface area contributed by atoms with E-state index < -0.39 is 23.2 Å². The molecule has 2 aromatic heterocycles. The van der Waals surface area contributed by atoms with Gasteiger partial charge in [0.15, 0.2) is 0 Å². The number of fused-ring (bicyclic) bond motifs is 2. The van der Waals surface area contributed by atoms with Crippen molar-refractivity contribution in [3.63, 3.8) is 0 Å². The summed E-state index contributed by atoms with van der Waals surface area (Å²) in [7, 11) is 1.54. The number of amides is 1. The van der Waals surface area contributed by atoms with Gasteiger partial charge in [-0.15, -0.1) is 0 Å². The molecule has 8 nitrogen and oxygen atoms in total. The number of nitrogens with one attached hydrogen (secondary N) is 3. The maximum absolute atomic E-state index is 13.1. The molecule has 0 fully saturated rings. The molecule has 0 bridgehead atoms. The Morgan fingerprint density at radius 2 is 1.77 bits per heavy atom. The van der Waals surface area contributed by atoms with Crippen molar-refractivity contribution in [1.82, 2.24) is 19.9 Å². The largest absolute Gasteiger partial charge is 0.383 e. The predicted molar refractivity (Wildman–Crippen MR) is 115 cm³/mol. The molecule has 0 aliphatic heterocycles. The van der Waals surface area contributed by atoms with Crippen molar-refractivity contribution in [2.24, 2.45) is 0 Å². The molecule has 1 atom stereocenters. The molecule has 0 radical (unpaired) electrons. The first-order chi connectivity index (χ1) is 14.6. The van der Waals surface area contributed by atoms with E-state index in [4.69, 9.17) is 4.74 Å². The molecule has 30 heavy (non-hydrogen) atoms. The Hall–Kier alpha value is -3.65. The highest BCUT2D eigenvalue weighted by atomic mass is 16.5. The normalized spacial score (nSPS) is 12.3. The van der Waals surface area contributed by atoms with Crippen LogP contribution in [0.25, 0.3) is 21.8 Å². The lowest BCUT2D eigenvalue weighted by Crippen LogP contribution is -2.46. The minimum atomic E-state index is -1.01. The summed E-state index contributed by atoms with van der Waals surface area (Å²) in [4.78, 5) is 44.9. The quantitative estimate of drug-likeness (QED) is 0.406. The van der Waals surface area contributed by atoms with Crippen LogP contribution in [0.1, 0.15) is 11.6 Å². The first-order valence-corrected chi connectivity index (χ1v) is 9.65. The molecule has 0 aliphatic rings. The molecule has 1 amide bonds. The van der Waals surface area contributed by atoms with Crippen LogP contribution < -0.4 is 16.6 Å². The van der Waals surface area contributed by atoms with Crippen LogP contribution in [0.4, 0.5) is 0 Å². The maximum atomic E-state index is 13.1. The molecule has 0 aliphatic carbocycles. The van der Waals surface area contributed by atoms with Crippen LogP contribution in [0, 0.1) is 0 Å². The third-order valence-electron chi connectivity index (χ3n) is 5.14. The Bertz CT molecular complexity index is 1320. The number of rotatable bonds is 7. The van der Waals surface area contributed by atoms with Crippen molar-refractivity contribution >= 4 is 27.7 Å². The van der Waals surface area contributed by atoms with Crippen LogP contribution in [0.15, 0.2) is 64.3 Å². The second-order valence-electron chi connectivity index (χ2n) is 7.01. The topological polar surface area (TPSA) is 109 Å². The van der Waals surface area contributed by atoms with Gasteiger partial charge in [-0.3, -0.25) is 9.59 Å². The number of nitrogens with zero attached hydrogens (tertiary/aromatic N) is 1. The fourth-order valence-corrected chi connectivity index (χ4v) is 3.66. The Labute approximate surface area is 171 Å². The van der Waals surface area contributed by atoms with Gasteiger partial charge in [0.2, 0.25) is 5.91 Å². The van der Waals surface area contributed by atoms with E-state index in [1.54, 1.807) is 30.5 Å². The van der Waals surface area contributed by atoms with Crippen LogP contribution in [0.2, 0.25) is 0 Å². The van der Waals surface area contributed by atoms with Gasteiger partial charge >= 0.3 is 5.69 Å². The number of carbonyl (C=O) groups excluding carboxylic acids is 1. The number of aromatic nitrogens is 3. The summed E-state index contributed by atoms with van der Waals surface area (Å²) >= 11 is 0. The summed E-state index contributed by atoms with van der Waals surface area (Å²) in [5.41, 5.74) is 1.09. The SMILES string of the molecule is COCCNC(=O)[C@H](Cc1c[nH]c2ccccc12)n1c(=O)[nH]c2ccccc2c1=O. The van der Waals surface area contributed by atoms with E-state index in [0.717, 1.165) is 21.0 Å². The molecule has 2 heterocycles. The van der Waals surface area contributed by atoms with E-state index >= 15 is 0 Å². The van der Waals surface area contributed by atoms with Gasteiger partial charge in [-0.1, -0.05) is 30.3 Å². The second-order valence-corrected chi connectivity index (χ2v) is 7.01. The minimum Gasteiger partial charge on any atom is -0.383 e. The first-order valence-electron chi connectivity index (χ1n) is 9.65. The van der Waals surface area contributed by atoms with Crippen LogP contribution in [0.5, 0.6) is 0 Å². The van der Waals surface area contributed by atoms with Gasteiger partial charge in [-0.25, -0.2) is 9.36 Å². The smallest absolute Gasteiger partial charge is 0.329 e. The van der Waals surface area contributed by atoms with Crippen molar-refractivity contribution in [2.45, 2.75) is 12.5 Å². The summed E-state index contributed by atoms with van der Waals surface area (Å²) in [5, 5.41) is 4.05. The number of carbonyl (C=O) groups is 1. The van der Waals surface area contributed by atoms with Crippen LogP contribution in [-0.4, -0.2) is 40.7 Å². The summed E-state index contributed by atoms with van der Waals surface area (Å²) < 4.78 is 6.00. The molecule has 2 aromatic carbocycles. The van der Waals surface area contributed by atoms with Crippen molar-refractivity contribution < 1.29 is 9.53 Å². The van der Waals surface area contributed by atoms with Gasteiger partial charge in [0.05, 0.1) is 17.5 Å². The average molecular weight is 406 g/mol. The highest BCUT2D eigenvalue weighted by molar-refractivity contribution is 5.86. The Kier molecular flexibility index (Phi) is 5.49. The average Bonchev–Trinajstić information content (AvgIpc) is 3.16. The molecule has 0 saturated carbocycles. The Morgan fingerprint density at radius 3 is 2.53 bits per heavy atom. The van der Waals surface area contributed by atoms with Crippen molar-refractivity contribution in [1.29, 1.82) is 0 Å². The number of hydrogen-bond donors (Lipinski definition) is 3. The lowest BCUT2D eigenvalue weighted by molar-refractivity contribution is -0.124. The first kappa shape index (κ1) is 19.7. The molecular formula is C22H22N4O4. The van der Waals surface area contributed by atoms with Gasteiger partial charge in [0, 0.05) is 37.2 Å². The molecule has 4 aromatic rings. The molecule has 4 rings (SSSR count). The predicted octanol–water partition coefficient (Wildman–Crippen LogP) is 1.72. The van der Waals surface area contributed by atoms with Crippen LogP contribution in [-0.2, 0) is 16.0 Å². The zero-order chi connectivity index (χ0) is 21.1. The summed E-state index contributed by atoms with van der Waals surface area (Å²) in [6, 6.07) is 13.4. The highest BCUT2D eigenvalue weighted by Gasteiger charge is 2.26. The molecule has 0 spiro atoms. The molecule has 0 saturated heterocycles. The number of aromatic amines is 2. The monoisotopic (exact) mass is 406 g/mol. The van der Waals surface area contributed by atoms with Crippen molar-refractivity contribution in [2.75, 3.05) is 20.3 Å². The van der Waals surface area contributed by atoms with E-state index in [-0.39, 0.29) is 13.0 Å². The summed E-state index contributed by atoms with van der Waals surface area (Å²) in [5.74, 6) is -0.416. The lowest BCUT2D eigenvalue weighted by atomic mass is 10.0. The molecule has 3 N–H and O–H groups in total. The molecule has 0 unspecified atom stereocenters. The van der Waals surface area contributed by atoms with E-state index in [9.17, 15) is 14.4 Å². The summed E-state index contributed by atoms with van der Waals surface area (Å²) in [6.45, 7) is 0.606. The third-order valence-corrected chi connectivity index (χ3v) is 5.14. The van der Waals surface area contributed by atoms with Crippen LogP contribution in [0.3, 0.4) is 0 Å².